The van der Waals surface area contributed by atoms with Gasteiger partial charge < -0.3 is 0 Å². The molecule has 0 amide bonds. The van der Waals surface area contributed by atoms with Crippen molar-refractivity contribution in [3.63, 3.8) is 0 Å². The minimum Gasteiger partial charge on any atom is -0.206 e. The Morgan fingerprint density at radius 2 is 1.17 bits per heavy atom. The number of hydrogen-bond donors (Lipinski definition) is 0. The zero-order valence-electron chi connectivity index (χ0n) is 30.9. The summed E-state index contributed by atoms with van der Waals surface area (Å²) >= 11 is 3.08. The Kier molecular flexibility index (Phi) is 11.6. The number of benzene rings is 5. The average molecular weight is 725 g/mol. The maximum absolute atomic E-state index is 15.6. The summed E-state index contributed by atoms with van der Waals surface area (Å²) < 4.78 is 25.4. The second kappa shape index (κ2) is 16.7. The molecule has 1 unspecified atom stereocenters. The Morgan fingerprint density at radius 1 is 0.577 bits per heavy atom. The van der Waals surface area contributed by atoms with E-state index in [0.29, 0.717) is 11.5 Å². The summed E-state index contributed by atoms with van der Waals surface area (Å²) in [6.07, 6.45) is 10.6. The van der Waals surface area contributed by atoms with Gasteiger partial charge >= 0.3 is 0 Å². The molecule has 0 spiro atoms. The van der Waals surface area contributed by atoms with Crippen molar-refractivity contribution in [3.05, 3.63) is 120 Å². The van der Waals surface area contributed by atoms with Gasteiger partial charge in [0.2, 0.25) is 0 Å². The fourth-order valence-corrected chi connectivity index (χ4v) is 9.41. The second-order valence-electron chi connectivity index (χ2n) is 14.4. The number of hydrogen-bond acceptors (Lipinski definition) is 4. The average Bonchev–Trinajstić information content (AvgIpc) is 3.87. The lowest BCUT2D eigenvalue weighted by molar-refractivity contribution is 0.442. The first kappa shape index (κ1) is 36.2. The van der Waals surface area contributed by atoms with Gasteiger partial charge in [-0.05, 0) is 81.5 Å². The summed E-state index contributed by atoms with van der Waals surface area (Å²) in [6.45, 7) is 9.07. The highest BCUT2D eigenvalue weighted by Gasteiger charge is 2.21. The van der Waals surface area contributed by atoms with E-state index in [1.807, 2.05) is 29.5 Å². The van der Waals surface area contributed by atoms with Crippen molar-refractivity contribution in [2.24, 2.45) is 11.8 Å². The Morgan fingerprint density at radius 3 is 1.85 bits per heavy atom. The maximum atomic E-state index is 15.6. The van der Waals surface area contributed by atoms with E-state index in [-0.39, 0.29) is 5.82 Å². The molecule has 0 saturated heterocycles. The number of halogens is 1. The molecule has 7 aromatic rings. The number of aromatic nitrogens is 2. The van der Waals surface area contributed by atoms with Gasteiger partial charge in [-0.2, -0.15) is 8.75 Å². The van der Waals surface area contributed by atoms with Crippen LogP contribution in [0.5, 0.6) is 0 Å². The van der Waals surface area contributed by atoms with Crippen molar-refractivity contribution in [1.29, 1.82) is 0 Å². The predicted octanol–water partition coefficient (Wildman–Crippen LogP) is 14.8. The normalized spacial score (nSPS) is 12.3. The first-order chi connectivity index (χ1) is 25.5. The quantitative estimate of drug-likeness (QED) is 0.0984. The van der Waals surface area contributed by atoms with E-state index in [1.165, 1.54) is 71.1 Å². The van der Waals surface area contributed by atoms with Gasteiger partial charge in [0, 0.05) is 26.4 Å². The van der Waals surface area contributed by atoms with E-state index in [2.05, 4.69) is 107 Å². The van der Waals surface area contributed by atoms with Crippen LogP contribution < -0.4 is 0 Å². The van der Waals surface area contributed by atoms with Crippen molar-refractivity contribution >= 4 is 44.9 Å². The molecule has 0 aliphatic carbocycles. The van der Waals surface area contributed by atoms with Crippen LogP contribution >= 0.6 is 23.1 Å². The molecule has 2 heterocycles. The summed E-state index contributed by atoms with van der Waals surface area (Å²) in [5.74, 6) is 1.20. The van der Waals surface area contributed by atoms with Crippen molar-refractivity contribution in [2.75, 3.05) is 0 Å². The van der Waals surface area contributed by atoms with Crippen molar-refractivity contribution in [1.82, 2.24) is 8.75 Å². The fourth-order valence-electron chi connectivity index (χ4n) is 7.78. The van der Waals surface area contributed by atoms with Crippen LogP contribution in [-0.2, 0) is 12.8 Å². The standard InChI is InChI=1S/C47H49FN2S2/c1-5-9-10-13-32(8-4)29-34-18-25-38(41(48)30-34)35-21-23-37(24-22-35)44-39-14-11-12-15-40(39)45(47-46(44)49-52-50-47)43-27-26-42(51-43)36-19-16-33(17-20-36)28-31(6-2)7-3/h11-12,14-27,30-32H,5-10,13,28-29H2,1-4H3. The van der Waals surface area contributed by atoms with E-state index >= 15 is 4.39 Å². The molecule has 0 bridgehead atoms. The summed E-state index contributed by atoms with van der Waals surface area (Å²) in [5, 5.41) is 2.31. The Balaban J connectivity index is 1.18. The monoisotopic (exact) mass is 724 g/mol. The molecule has 0 radical (unpaired) electrons. The van der Waals surface area contributed by atoms with Gasteiger partial charge in [-0.3, -0.25) is 0 Å². The van der Waals surface area contributed by atoms with E-state index in [9.17, 15) is 0 Å². The molecule has 266 valence electrons. The lowest BCUT2D eigenvalue weighted by atomic mass is 9.90. The van der Waals surface area contributed by atoms with Crippen molar-refractivity contribution in [2.45, 2.75) is 85.5 Å². The van der Waals surface area contributed by atoms with Crippen LogP contribution in [0.4, 0.5) is 4.39 Å². The Bertz CT molecular complexity index is 2240. The zero-order valence-corrected chi connectivity index (χ0v) is 32.6. The van der Waals surface area contributed by atoms with Gasteiger partial charge in [-0.15, -0.1) is 11.3 Å². The molecule has 0 aliphatic heterocycles. The van der Waals surface area contributed by atoms with Crippen LogP contribution in [0.2, 0.25) is 0 Å². The number of unbranched alkanes of at least 4 members (excludes halogenated alkanes) is 2. The smallest absolute Gasteiger partial charge is 0.131 e. The third-order valence-corrected chi connectivity index (χ3v) is 12.7. The first-order valence-electron chi connectivity index (χ1n) is 19.3. The lowest BCUT2D eigenvalue weighted by Crippen LogP contribution is -2.04. The van der Waals surface area contributed by atoms with Gasteiger partial charge in [0.25, 0.3) is 0 Å². The highest BCUT2D eigenvalue weighted by molar-refractivity contribution is 7.19. The Labute approximate surface area is 317 Å². The third kappa shape index (κ3) is 7.63. The SMILES string of the molecule is CCCCCC(CC)Cc1ccc(-c2ccc(-c3c4ccccc4c(-c4ccc(-c5ccc(CC(CC)CC)cc5)s4)c4nsnc34)cc2)c(F)c1. The molecule has 0 N–H and O–H groups in total. The maximum Gasteiger partial charge on any atom is 0.131 e. The molecule has 2 nitrogen and oxygen atoms in total. The molecule has 1 atom stereocenters. The number of nitrogens with zero attached hydrogens (tertiary/aromatic N) is 2. The molecule has 0 saturated carbocycles. The summed E-state index contributed by atoms with van der Waals surface area (Å²) in [7, 11) is 0. The topological polar surface area (TPSA) is 25.8 Å². The minimum atomic E-state index is -0.151. The van der Waals surface area contributed by atoms with Gasteiger partial charge in [-0.1, -0.05) is 158 Å². The molecule has 5 heteroatoms. The third-order valence-electron chi connectivity index (χ3n) is 11.0. The zero-order chi connectivity index (χ0) is 36.0. The Hall–Kier alpha value is -4.19. The van der Waals surface area contributed by atoms with Crippen LogP contribution in [0.25, 0.3) is 64.9 Å². The molecule has 7 rings (SSSR count). The minimum absolute atomic E-state index is 0.151. The van der Waals surface area contributed by atoms with Crippen LogP contribution in [0.1, 0.15) is 83.8 Å². The van der Waals surface area contributed by atoms with Crippen molar-refractivity contribution < 1.29 is 4.39 Å². The molecule has 52 heavy (non-hydrogen) atoms. The van der Waals surface area contributed by atoms with Crippen LogP contribution in [0, 0.1) is 17.7 Å². The highest BCUT2D eigenvalue weighted by Crippen LogP contribution is 2.46. The van der Waals surface area contributed by atoms with E-state index < -0.39 is 0 Å². The summed E-state index contributed by atoms with van der Waals surface area (Å²) in [4.78, 5) is 2.44. The van der Waals surface area contributed by atoms with Crippen LogP contribution in [-0.4, -0.2) is 8.75 Å². The summed E-state index contributed by atoms with van der Waals surface area (Å²) in [5.41, 5.74) is 10.4. The molecule has 5 aromatic carbocycles. The van der Waals surface area contributed by atoms with Gasteiger partial charge in [0.1, 0.15) is 16.9 Å². The van der Waals surface area contributed by atoms with Crippen LogP contribution in [0.3, 0.4) is 0 Å². The first-order valence-corrected chi connectivity index (χ1v) is 20.8. The van der Waals surface area contributed by atoms with Crippen LogP contribution in [0.15, 0.2) is 103 Å². The van der Waals surface area contributed by atoms with Gasteiger partial charge in [0.05, 0.1) is 11.7 Å². The van der Waals surface area contributed by atoms with E-state index in [0.717, 1.165) is 74.8 Å². The van der Waals surface area contributed by atoms with Crippen molar-refractivity contribution in [3.8, 4) is 43.1 Å². The predicted molar refractivity (Wildman–Crippen MR) is 224 cm³/mol. The molecule has 0 aliphatic rings. The molecular formula is C47H49FN2S2. The number of rotatable bonds is 15. The number of fused-ring (bicyclic) bond motifs is 2. The fraction of sp³-hybridized carbons (Fsp3) is 0.319. The number of thiophene rings is 1. The largest absolute Gasteiger partial charge is 0.206 e. The molecule has 0 fully saturated rings. The van der Waals surface area contributed by atoms with Gasteiger partial charge in [-0.25, -0.2) is 4.39 Å². The molecule has 2 aromatic heterocycles. The molecular weight excluding hydrogens is 676 g/mol. The van der Waals surface area contributed by atoms with E-state index in [1.54, 1.807) is 6.07 Å². The summed E-state index contributed by atoms with van der Waals surface area (Å²) in [6, 6.07) is 36.4. The second-order valence-corrected chi connectivity index (χ2v) is 16.0. The van der Waals surface area contributed by atoms with E-state index in [4.69, 9.17) is 8.75 Å². The van der Waals surface area contributed by atoms with Gasteiger partial charge in [0.15, 0.2) is 0 Å². The highest BCUT2D eigenvalue weighted by atomic mass is 32.1. The lowest BCUT2D eigenvalue weighted by Gasteiger charge is -2.16.